The molecule has 0 aromatic heterocycles. The Kier molecular flexibility index (Phi) is 3.87. The summed E-state index contributed by atoms with van der Waals surface area (Å²) in [7, 11) is 0. The summed E-state index contributed by atoms with van der Waals surface area (Å²) in [5.74, 6) is 0.526. The van der Waals surface area contributed by atoms with Gasteiger partial charge in [0.05, 0.1) is 5.54 Å². The number of hydrogen-bond acceptors (Lipinski definition) is 2. The van der Waals surface area contributed by atoms with Crippen molar-refractivity contribution < 1.29 is 4.79 Å². The van der Waals surface area contributed by atoms with Crippen molar-refractivity contribution in [1.29, 1.82) is 0 Å². The smallest absolute Gasteiger partial charge is 0.182 e. The van der Waals surface area contributed by atoms with Crippen LogP contribution in [-0.2, 0) is 0 Å². The molecule has 0 aliphatic rings. The van der Waals surface area contributed by atoms with E-state index >= 15 is 0 Å². The highest BCUT2D eigenvalue weighted by Gasteiger charge is 2.23. The Balaban J connectivity index is 2.91. The summed E-state index contributed by atoms with van der Waals surface area (Å²) < 4.78 is 0. The lowest BCUT2D eigenvalue weighted by atomic mass is 9.91. The number of carbonyl (C=O) groups is 1. The van der Waals surface area contributed by atoms with Crippen LogP contribution < -0.4 is 5.73 Å². The number of ketones is 1. The van der Waals surface area contributed by atoms with E-state index in [2.05, 4.69) is 13.8 Å². The fraction of sp³-hybridized carbons (Fsp3) is 0.500. The van der Waals surface area contributed by atoms with E-state index in [1.807, 2.05) is 24.3 Å². The first-order chi connectivity index (χ1) is 7.36. The molecule has 2 N–H and O–H groups in total. The molecule has 1 atom stereocenters. The summed E-state index contributed by atoms with van der Waals surface area (Å²) in [6, 6.07) is 7.79. The zero-order valence-corrected chi connectivity index (χ0v) is 10.6. The van der Waals surface area contributed by atoms with Gasteiger partial charge in [0.1, 0.15) is 0 Å². The summed E-state index contributed by atoms with van der Waals surface area (Å²) in [5, 5.41) is 0. The second kappa shape index (κ2) is 4.79. The van der Waals surface area contributed by atoms with Crippen LogP contribution in [0.15, 0.2) is 24.3 Å². The van der Waals surface area contributed by atoms with Crippen molar-refractivity contribution in [3.8, 4) is 0 Å². The lowest BCUT2D eigenvalue weighted by Crippen LogP contribution is -2.41. The van der Waals surface area contributed by atoms with Crippen molar-refractivity contribution >= 4 is 5.78 Å². The van der Waals surface area contributed by atoms with Gasteiger partial charge in [-0.15, -0.1) is 0 Å². The summed E-state index contributed by atoms with van der Waals surface area (Å²) in [6.45, 7) is 7.81. The monoisotopic (exact) mass is 219 g/mol. The Morgan fingerprint density at radius 1 is 1.31 bits per heavy atom. The molecule has 0 radical (unpaired) electrons. The summed E-state index contributed by atoms with van der Waals surface area (Å²) in [6.07, 6.45) is 1.11. The lowest BCUT2D eigenvalue weighted by Gasteiger charge is -2.17. The van der Waals surface area contributed by atoms with Gasteiger partial charge >= 0.3 is 0 Å². The maximum Gasteiger partial charge on any atom is 0.182 e. The minimum Gasteiger partial charge on any atom is -0.319 e. The third-order valence-electron chi connectivity index (χ3n) is 2.94. The number of benzene rings is 1. The zero-order valence-electron chi connectivity index (χ0n) is 10.6. The van der Waals surface area contributed by atoms with E-state index in [4.69, 9.17) is 5.73 Å². The molecule has 1 rings (SSSR count). The Morgan fingerprint density at radius 3 is 2.19 bits per heavy atom. The normalized spacial score (nSPS) is 13.6. The molecule has 0 amide bonds. The van der Waals surface area contributed by atoms with E-state index in [0.29, 0.717) is 11.5 Å². The summed E-state index contributed by atoms with van der Waals surface area (Å²) >= 11 is 0. The molecular formula is C14H21NO. The molecule has 1 aromatic carbocycles. The molecule has 2 heteroatoms. The Bertz CT molecular complexity index is 359. The molecule has 2 nitrogen and oxygen atoms in total. The Morgan fingerprint density at radius 2 is 1.81 bits per heavy atom. The van der Waals surface area contributed by atoms with Gasteiger partial charge in [0, 0.05) is 5.56 Å². The quantitative estimate of drug-likeness (QED) is 0.791. The minimum absolute atomic E-state index is 0.0109. The third-order valence-corrected chi connectivity index (χ3v) is 2.94. The number of carbonyl (C=O) groups excluding carboxylic acids is 1. The van der Waals surface area contributed by atoms with Crippen molar-refractivity contribution in [2.75, 3.05) is 0 Å². The first kappa shape index (κ1) is 12.9. The molecule has 1 unspecified atom stereocenters. The third kappa shape index (κ3) is 2.92. The molecule has 1 aromatic rings. The van der Waals surface area contributed by atoms with Crippen LogP contribution in [0.1, 0.15) is 56.0 Å². The largest absolute Gasteiger partial charge is 0.319 e. The second-order valence-corrected chi connectivity index (χ2v) is 4.98. The van der Waals surface area contributed by atoms with Crippen LogP contribution in [-0.4, -0.2) is 11.3 Å². The topological polar surface area (TPSA) is 43.1 Å². The van der Waals surface area contributed by atoms with Crippen molar-refractivity contribution in [2.24, 2.45) is 5.73 Å². The standard InChI is InChI=1S/C14H21NO/c1-5-10(2)11-6-8-12(9-7-11)13(16)14(3,4)15/h6-10H,5,15H2,1-4H3. The van der Waals surface area contributed by atoms with Crippen LogP contribution in [0, 0.1) is 0 Å². The average Bonchev–Trinajstić information content (AvgIpc) is 2.26. The fourth-order valence-corrected chi connectivity index (χ4v) is 1.57. The van der Waals surface area contributed by atoms with Gasteiger partial charge in [-0.05, 0) is 31.7 Å². The lowest BCUT2D eigenvalue weighted by molar-refractivity contribution is 0.0913. The molecular weight excluding hydrogens is 198 g/mol. The van der Waals surface area contributed by atoms with E-state index in [9.17, 15) is 4.79 Å². The maximum atomic E-state index is 11.9. The second-order valence-electron chi connectivity index (χ2n) is 4.98. The molecule has 88 valence electrons. The van der Waals surface area contributed by atoms with Gasteiger partial charge in [-0.1, -0.05) is 38.1 Å². The summed E-state index contributed by atoms with van der Waals surface area (Å²) in [5.41, 5.74) is 6.96. The predicted molar refractivity (Wildman–Crippen MR) is 67.7 cm³/mol. The number of hydrogen-bond donors (Lipinski definition) is 1. The van der Waals surface area contributed by atoms with Gasteiger partial charge in [-0.3, -0.25) is 4.79 Å². The van der Waals surface area contributed by atoms with Crippen LogP contribution in [0.2, 0.25) is 0 Å². The average molecular weight is 219 g/mol. The number of Topliss-reactive ketones (excluding diaryl/α,β-unsaturated/α-hetero) is 1. The van der Waals surface area contributed by atoms with Gasteiger partial charge in [-0.2, -0.15) is 0 Å². The maximum absolute atomic E-state index is 11.9. The van der Waals surface area contributed by atoms with E-state index in [1.165, 1.54) is 5.56 Å². The van der Waals surface area contributed by atoms with Crippen LogP contribution in [0.5, 0.6) is 0 Å². The highest BCUT2D eigenvalue weighted by atomic mass is 16.1. The molecule has 0 aliphatic carbocycles. The van der Waals surface area contributed by atoms with Gasteiger partial charge in [-0.25, -0.2) is 0 Å². The van der Waals surface area contributed by atoms with Gasteiger partial charge in [0.25, 0.3) is 0 Å². The van der Waals surface area contributed by atoms with Crippen LogP contribution in [0.25, 0.3) is 0 Å². The van der Waals surface area contributed by atoms with Crippen molar-refractivity contribution in [3.05, 3.63) is 35.4 Å². The van der Waals surface area contributed by atoms with Crippen LogP contribution >= 0.6 is 0 Å². The highest BCUT2D eigenvalue weighted by Crippen LogP contribution is 2.20. The molecule has 0 saturated heterocycles. The molecule has 16 heavy (non-hydrogen) atoms. The zero-order chi connectivity index (χ0) is 12.3. The van der Waals surface area contributed by atoms with Crippen molar-refractivity contribution in [2.45, 2.75) is 45.6 Å². The molecule has 0 saturated carbocycles. The van der Waals surface area contributed by atoms with E-state index < -0.39 is 5.54 Å². The van der Waals surface area contributed by atoms with Crippen LogP contribution in [0.3, 0.4) is 0 Å². The summed E-state index contributed by atoms with van der Waals surface area (Å²) in [4.78, 5) is 11.9. The molecule has 0 aliphatic heterocycles. The molecule has 0 fully saturated rings. The molecule has 0 heterocycles. The SMILES string of the molecule is CCC(C)c1ccc(C(=O)C(C)(C)N)cc1. The number of rotatable bonds is 4. The van der Waals surface area contributed by atoms with E-state index in [1.54, 1.807) is 13.8 Å². The Hall–Kier alpha value is -1.15. The first-order valence-electron chi connectivity index (χ1n) is 5.80. The predicted octanol–water partition coefficient (Wildman–Crippen LogP) is 3.12. The first-order valence-corrected chi connectivity index (χ1v) is 5.80. The van der Waals surface area contributed by atoms with Gasteiger partial charge in [0.2, 0.25) is 0 Å². The molecule has 0 spiro atoms. The molecule has 0 bridgehead atoms. The van der Waals surface area contributed by atoms with E-state index in [0.717, 1.165) is 6.42 Å². The highest BCUT2D eigenvalue weighted by molar-refractivity contribution is 6.02. The Labute approximate surface area is 97.9 Å². The van der Waals surface area contributed by atoms with E-state index in [-0.39, 0.29) is 5.78 Å². The van der Waals surface area contributed by atoms with Gasteiger partial charge < -0.3 is 5.73 Å². The van der Waals surface area contributed by atoms with Crippen molar-refractivity contribution in [1.82, 2.24) is 0 Å². The fourth-order valence-electron chi connectivity index (χ4n) is 1.57. The van der Waals surface area contributed by atoms with Crippen LogP contribution in [0.4, 0.5) is 0 Å². The van der Waals surface area contributed by atoms with Crippen molar-refractivity contribution in [3.63, 3.8) is 0 Å². The van der Waals surface area contributed by atoms with Gasteiger partial charge in [0.15, 0.2) is 5.78 Å². The number of nitrogens with two attached hydrogens (primary N) is 1. The minimum atomic E-state index is -0.794.